The highest BCUT2D eigenvalue weighted by Crippen LogP contribution is 2.30. The van der Waals surface area contributed by atoms with Gasteiger partial charge in [-0.2, -0.15) is 4.72 Å². The molecule has 1 atom stereocenters. The lowest BCUT2D eigenvalue weighted by molar-refractivity contribution is -0.117. The largest absolute Gasteiger partial charge is 0.495 e. The number of carbonyl (C=O) groups is 1. The number of para-hydroxylation sites is 3. The van der Waals surface area contributed by atoms with Crippen LogP contribution >= 0.6 is 0 Å². The van der Waals surface area contributed by atoms with E-state index in [4.69, 9.17) is 9.47 Å². The SMILES string of the molecule is COc1ccc(C(C)C)cc1S(=O)(=O)NC(Cc1ccccc1)C(=O)Nc1ccccc1Oc1ccccc1. The van der Waals surface area contributed by atoms with Crippen LogP contribution in [0.2, 0.25) is 0 Å². The molecular weight excluding hydrogens is 512 g/mol. The standard InChI is InChI=1S/C31H32N2O5S/c1-22(2)24-18-19-29(37-3)30(21-24)39(35,36)33-27(20-23-12-6-4-7-13-23)31(34)32-26-16-10-11-17-28(26)38-25-14-8-5-9-15-25/h4-19,21-22,27,33H,20H2,1-3H3,(H,32,34). The molecular formula is C31H32N2O5S. The Morgan fingerprint density at radius 1 is 0.821 bits per heavy atom. The van der Waals surface area contributed by atoms with Gasteiger partial charge in [0.15, 0.2) is 5.75 Å². The second kappa shape index (κ2) is 12.6. The molecule has 4 aromatic carbocycles. The van der Waals surface area contributed by atoms with Crippen molar-refractivity contribution in [2.75, 3.05) is 12.4 Å². The number of sulfonamides is 1. The first-order valence-electron chi connectivity index (χ1n) is 12.6. The van der Waals surface area contributed by atoms with E-state index in [2.05, 4.69) is 10.0 Å². The van der Waals surface area contributed by atoms with Crippen LogP contribution in [0.5, 0.6) is 17.2 Å². The molecule has 4 rings (SSSR count). The predicted octanol–water partition coefficient (Wildman–Crippen LogP) is 6.14. The zero-order valence-corrected chi connectivity index (χ0v) is 22.9. The molecule has 0 bridgehead atoms. The third-order valence-corrected chi connectivity index (χ3v) is 7.65. The second-order valence-corrected chi connectivity index (χ2v) is 11.0. The van der Waals surface area contributed by atoms with Crippen LogP contribution in [0.1, 0.15) is 30.9 Å². The summed E-state index contributed by atoms with van der Waals surface area (Å²) in [6, 6.07) is 29.4. The van der Waals surface area contributed by atoms with E-state index in [0.29, 0.717) is 17.2 Å². The molecule has 0 aliphatic carbocycles. The number of rotatable bonds is 11. The van der Waals surface area contributed by atoms with Gasteiger partial charge in [0.05, 0.1) is 12.8 Å². The van der Waals surface area contributed by atoms with E-state index in [1.54, 1.807) is 36.4 Å². The third kappa shape index (κ3) is 7.25. The van der Waals surface area contributed by atoms with Gasteiger partial charge in [-0.15, -0.1) is 0 Å². The summed E-state index contributed by atoms with van der Waals surface area (Å²) < 4.78 is 41.3. The summed E-state index contributed by atoms with van der Waals surface area (Å²) in [6.07, 6.45) is 0.139. The van der Waals surface area contributed by atoms with Crippen molar-refractivity contribution < 1.29 is 22.7 Å². The minimum Gasteiger partial charge on any atom is -0.495 e. The van der Waals surface area contributed by atoms with E-state index in [0.717, 1.165) is 11.1 Å². The van der Waals surface area contributed by atoms with Crippen LogP contribution in [0.3, 0.4) is 0 Å². The van der Waals surface area contributed by atoms with Crippen molar-refractivity contribution in [2.24, 2.45) is 0 Å². The topological polar surface area (TPSA) is 93.7 Å². The Kier molecular flexibility index (Phi) is 9.01. The monoisotopic (exact) mass is 544 g/mol. The molecule has 2 N–H and O–H groups in total. The number of nitrogens with one attached hydrogen (secondary N) is 2. The van der Waals surface area contributed by atoms with Gasteiger partial charge in [-0.3, -0.25) is 4.79 Å². The Morgan fingerprint density at radius 3 is 2.13 bits per heavy atom. The summed E-state index contributed by atoms with van der Waals surface area (Å²) in [5.41, 5.74) is 2.06. The van der Waals surface area contributed by atoms with Gasteiger partial charge < -0.3 is 14.8 Å². The summed E-state index contributed by atoms with van der Waals surface area (Å²) in [7, 11) is -2.72. The molecule has 39 heavy (non-hydrogen) atoms. The molecule has 7 nitrogen and oxygen atoms in total. The Morgan fingerprint density at radius 2 is 1.46 bits per heavy atom. The number of methoxy groups -OCH3 is 1. The van der Waals surface area contributed by atoms with Crippen molar-refractivity contribution in [1.29, 1.82) is 0 Å². The van der Waals surface area contributed by atoms with Crippen molar-refractivity contribution >= 4 is 21.6 Å². The lowest BCUT2D eigenvalue weighted by Gasteiger charge is -2.21. The lowest BCUT2D eigenvalue weighted by Crippen LogP contribution is -2.45. The summed E-state index contributed by atoms with van der Waals surface area (Å²) in [6.45, 7) is 3.96. The lowest BCUT2D eigenvalue weighted by atomic mass is 10.0. The number of hydrogen-bond acceptors (Lipinski definition) is 5. The van der Waals surface area contributed by atoms with Gasteiger partial charge in [-0.05, 0) is 59.9 Å². The molecule has 0 spiro atoms. The van der Waals surface area contributed by atoms with Crippen LogP contribution in [0.25, 0.3) is 0 Å². The van der Waals surface area contributed by atoms with Crippen molar-refractivity contribution in [1.82, 2.24) is 4.72 Å². The van der Waals surface area contributed by atoms with Gasteiger partial charge in [-0.1, -0.05) is 80.6 Å². The highest BCUT2D eigenvalue weighted by molar-refractivity contribution is 7.89. The molecule has 0 aliphatic heterocycles. The first-order chi connectivity index (χ1) is 18.8. The van der Waals surface area contributed by atoms with E-state index in [1.807, 2.05) is 80.6 Å². The fourth-order valence-corrected chi connectivity index (χ4v) is 5.44. The van der Waals surface area contributed by atoms with Crippen LogP contribution in [0, 0.1) is 0 Å². The van der Waals surface area contributed by atoms with Crippen molar-refractivity contribution in [2.45, 2.75) is 37.1 Å². The Labute approximate surface area is 229 Å². The predicted molar refractivity (Wildman–Crippen MR) is 153 cm³/mol. The molecule has 1 amide bonds. The number of ether oxygens (including phenoxy) is 2. The molecule has 0 fully saturated rings. The van der Waals surface area contributed by atoms with Gasteiger partial charge in [0.2, 0.25) is 15.9 Å². The van der Waals surface area contributed by atoms with Crippen LogP contribution in [-0.4, -0.2) is 27.5 Å². The number of hydrogen-bond donors (Lipinski definition) is 2. The smallest absolute Gasteiger partial charge is 0.245 e. The summed E-state index contributed by atoms with van der Waals surface area (Å²) >= 11 is 0. The Balaban J connectivity index is 1.65. The van der Waals surface area contributed by atoms with E-state index < -0.39 is 22.0 Å². The Bertz CT molecular complexity index is 1510. The van der Waals surface area contributed by atoms with Crippen molar-refractivity contribution in [3.05, 3.63) is 114 Å². The van der Waals surface area contributed by atoms with Crippen LogP contribution in [-0.2, 0) is 21.2 Å². The number of carbonyl (C=O) groups excluding carboxylic acids is 1. The van der Waals surface area contributed by atoms with E-state index >= 15 is 0 Å². The zero-order chi connectivity index (χ0) is 27.8. The maximum atomic E-state index is 13.7. The fraction of sp³-hybridized carbons (Fsp3) is 0.194. The first kappa shape index (κ1) is 27.9. The summed E-state index contributed by atoms with van der Waals surface area (Å²) in [5.74, 6) is 0.829. The van der Waals surface area contributed by atoms with Crippen molar-refractivity contribution in [3.8, 4) is 17.2 Å². The van der Waals surface area contributed by atoms with Gasteiger partial charge in [-0.25, -0.2) is 8.42 Å². The maximum absolute atomic E-state index is 13.7. The van der Waals surface area contributed by atoms with Gasteiger partial charge in [0.25, 0.3) is 0 Å². The van der Waals surface area contributed by atoms with Gasteiger partial charge in [0.1, 0.15) is 22.4 Å². The molecule has 0 radical (unpaired) electrons. The molecule has 0 aromatic heterocycles. The molecule has 8 heteroatoms. The zero-order valence-electron chi connectivity index (χ0n) is 22.1. The summed E-state index contributed by atoms with van der Waals surface area (Å²) in [4.78, 5) is 13.6. The molecule has 0 saturated heterocycles. The molecule has 4 aromatic rings. The fourth-order valence-electron chi connectivity index (χ4n) is 4.05. The van der Waals surface area contributed by atoms with Gasteiger partial charge in [0, 0.05) is 0 Å². The molecule has 0 saturated carbocycles. The number of amides is 1. The second-order valence-electron chi connectivity index (χ2n) is 9.33. The average molecular weight is 545 g/mol. The first-order valence-corrected chi connectivity index (χ1v) is 14.1. The highest BCUT2D eigenvalue weighted by Gasteiger charge is 2.29. The minimum atomic E-state index is -4.14. The minimum absolute atomic E-state index is 0.0186. The van der Waals surface area contributed by atoms with E-state index in [9.17, 15) is 13.2 Å². The highest BCUT2D eigenvalue weighted by atomic mass is 32.2. The maximum Gasteiger partial charge on any atom is 0.245 e. The third-order valence-electron chi connectivity index (χ3n) is 6.16. The molecule has 0 aliphatic rings. The number of anilines is 1. The quantitative estimate of drug-likeness (QED) is 0.237. The van der Waals surface area contributed by atoms with Gasteiger partial charge >= 0.3 is 0 Å². The number of benzene rings is 4. The van der Waals surface area contributed by atoms with Crippen molar-refractivity contribution in [3.63, 3.8) is 0 Å². The molecule has 1 unspecified atom stereocenters. The van der Waals surface area contributed by atoms with E-state index in [-0.39, 0.29) is 23.0 Å². The van der Waals surface area contributed by atoms with E-state index in [1.165, 1.54) is 7.11 Å². The molecule has 0 heterocycles. The van der Waals surface area contributed by atoms with Crippen LogP contribution < -0.4 is 19.5 Å². The van der Waals surface area contributed by atoms with Crippen LogP contribution in [0.15, 0.2) is 108 Å². The average Bonchev–Trinajstić information content (AvgIpc) is 2.94. The Hall–Kier alpha value is -4.14. The normalized spacial score (nSPS) is 12.1. The van der Waals surface area contributed by atoms with Crippen LogP contribution in [0.4, 0.5) is 5.69 Å². The molecule has 202 valence electrons. The summed E-state index contributed by atoms with van der Waals surface area (Å²) in [5, 5.41) is 2.86.